The molecule has 144 valence electrons. The van der Waals surface area contributed by atoms with Crippen LogP contribution in [0.25, 0.3) is 0 Å². The molecule has 27 heavy (non-hydrogen) atoms. The van der Waals surface area contributed by atoms with Crippen LogP contribution in [-0.4, -0.2) is 18.4 Å². The van der Waals surface area contributed by atoms with Crippen LogP contribution in [-0.2, 0) is 17.6 Å². The van der Waals surface area contributed by atoms with Crippen molar-refractivity contribution in [3.05, 3.63) is 45.3 Å². The first-order valence-corrected chi connectivity index (χ1v) is 10.3. The molecule has 1 aliphatic carbocycles. The third-order valence-corrected chi connectivity index (χ3v) is 6.06. The summed E-state index contributed by atoms with van der Waals surface area (Å²) in [6.45, 7) is 2.63. The Bertz CT molecular complexity index is 832. The molecule has 1 unspecified atom stereocenters. The van der Waals surface area contributed by atoms with E-state index in [9.17, 15) is 9.59 Å². The van der Waals surface area contributed by atoms with Crippen LogP contribution in [0.2, 0.25) is 5.02 Å². The smallest absolute Gasteiger partial charge is 0.251 e. The van der Waals surface area contributed by atoms with E-state index in [1.165, 1.54) is 16.2 Å². The van der Waals surface area contributed by atoms with E-state index in [1.807, 2.05) is 0 Å². The van der Waals surface area contributed by atoms with Gasteiger partial charge in [0.15, 0.2) is 0 Å². The lowest BCUT2D eigenvalue weighted by Gasteiger charge is -2.18. The molecule has 0 aliphatic heterocycles. The zero-order chi connectivity index (χ0) is 19.4. The van der Waals surface area contributed by atoms with Gasteiger partial charge in [0, 0.05) is 16.3 Å². The summed E-state index contributed by atoms with van der Waals surface area (Å²) in [6, 6.07) is 7.10. The van der Waals surface area contributed by atoms with Crippen molar-refractivity contribution < 1.29 is 14.3 Å². The molecule has 2 aromatic rings. The number of carbonyl (C=O) groups excluding carboxylic acids is 2. The van der Waals surface area contributed by atoms with Crippen molar-refractivity contribution >= 4 is 39.8 Å². The molecule has 0 saturated heterocycles. The number of thiophene rings is 1. The van der Waals surface area contributed by atoms with Gasteiger partial charge in [-0.1, -0.05) is 18.5 Å². The highest BCUT2D eigenvalue weighted by Gasteiger charge is 2.27. The van der Waals surface area contributed by atoms with Crippen LogP contribution < -0.4 is 15.8 Å². The topological polar surface area (TPSA) is 81.4 Å². The quantitative estimate of drug-likeness (QED) is 0.667. The molecule has 0 radical (unpaired) electrons. The van der Waals surface area contributed by atoms with E-state index in [1.54, 1.807) is 24.3 Å². The summed E-state index contributed by atoms with van der Waals surface area (Å²) < 4.78 is 5.59. The van der Waals surface area contributed by atoms with Gasteiger partial charge in [-0.25, -0.2) is 0 Å². The summed E-state index contributed by atoms with van der Waals surface area (Å²) in [5.74, 6) is 0.702. The molecule has 3 rings (SSSR count). The monoisotopic (exact) mass is 406 g/mol. The minimum atomic E-state index is -0.469. The van der Waals surface area contributed by atoms with Crippen LogP contribution in [0.1, 0.15) is 47.0 Å². The van der Waals surface area contributed by atoms with E-state index in [-0.39, 0.29) is 5.91 Å². The zero-order valence-electron chi connectivity index (χ0n) is 15.2. The Labute approximate surface area is 167 Å². The maximum absolute atomic E-state index is 12.3. The summed E-state index contributed by atoms with van der Waals surface area (Å²) >= 11 is 7.32. The van der Waals surface area contributed by atoms with E-state index >= 15 is 0 Å². The number of fused-ring (bicyclic) bond motifs is 1. The van der Waals surface area contributed by atoms with Crippen molar-refractivity contribution in [1.29, 1.82) is 0 Å². The van der Waals surface area contributed by atoms with Gasteiger partial charge in [0.05, 0.1) is 12.2 Å². The van der Waals surface area contributed by atoms with Gasteiger partial charge >= 0.3 is 0 Å². The molecule has 7 heteroatoms. The first-order chi connectivity index (χ1) is 12.9. The van der Waals surface area contributed by atoms with Crippen molar-refractivity contribution in [2.75, 3.05) is 11.9 Å². The second-order valence-corrected chi connectivity index (χ2v) is 8.42. The average Bonchev–Trinajstić information content (AvgIpc) is 2.97. The molecular weight excluding hydrogens is 384 g/mol. The third kappa shape index (κ3) is 5.02. The Morgan fingerprint density at radius 3 is 2.78 bits per heavy atom. The lowest BCUT2D eigenvalue weighted by atomic mass is 9.88. The number of primary amides is 1. The molecule has 1 atom stereocenters. The predicted octanol–water partition coefficient (Wildman–Crippen LogP) is 4.42. The lowest BCUT2D eigenvalue weighted by Crippen LogP contribution is -2.19. The Morgan fingerprint density at radius 1 is 1.33 bits per heavy atom. The summed E-state index contributed by atoms with van der Waals surface area (Å²) in [5.41, 5.74) is 7.09. The number of benzene rings is 1. The van der Waals surface area contributed by atoms with Crippen LogP contribution >= 0.6 is 22.9 Å². The Morgan fingerprint density at radius 2 is 2.07 bits per heavy atom. The molecule has 1 heterocycles. The number of nitrogens with two attached hydrogens (primary N) is 1. The maximum atomic E-state index is 12.3. The zero-order valence-corrected chi connectivity index (χ0v) is 16.8. The Hall–Kier alpha value is -2.05. The van der Waals surface area contributed by atoms with Gasteiger partial charge in [-0.15, -0.1) is 11.3 Å². The van der Waals surface area contributed by atoms with Crippen molar-refractivity contribution in [3.63, 3.8) is 0 Å². The minimum Gasteiger partial charge on any atom is -0.494 e. The maximum Gasteiger partial charge on any atom is 0.251 e. The van der Waals surface area contributed by atoms with Crippen LogP contribution in [0, 0.1) is 5.92 Å². The highest BCUT2D eigenvalue weighted by Crippen LogP contribution is 2.39. The van der Waals surface area contributed by atoms with Crippen LogP contribution in [0.4, 0.5) is 5.00 Å². The number of carbonyl (C=O) groups is 2. The van der Waals surface area contributed by atoms with Crippen molar-refractivity contribution in [2.45, 2.75) is 39.0 Å². The largest absolute Gasteiger partial charge is 0.494 e. The molecule has 2 amide bonds. The number of hydrogen-bond donors (Lipinski definition) is 2. The molecular formula is C20H23ClN2O3S. The van der Waals surface area contributed by atoms with Crippen LogP contribution in [0.5, 0.6) is 5.75 Å². The lowest BCUT2D eigenvalue weighted by molar-refractivity contribution is -0.116. The first kappa shape index (κ1) is 19.7. The number of ether oxygens (including phenoxy) is 1. The highest BCUT2D eigenvalue weighted by atomic mass is 35.5. The third-order valence-electron chi connectivity index (χ3n) is 4.64. The molecule has 1 aromatic carbocycles. The van der Waals surface area contributed by atoms with Crippen LogP contribution in [0.3, 0.4) is 0 Å². The van der Waals surface area contributed by atoms with Crippen LogP contribution in [0.15, 0.2) is 24.3 Å². The van der Waals surface area contributed by atoms with Gasteiger partial charge in [0.2, 0.25) is 5.91 Å². The normalized spacial score (nSPS) is 15.9. The molecule has 0 spiro atoms. The fraction of sp³-hybridized carbons (Fsp3) is 0.400. The number of anilines is 1. The molecule has 3 N–H and O–H groups in total. The average molecular weight is 407 g/mol. The number of amides is 2. The number of halogens is 1. The Kier molecular flexibility index (Phi) is 6.39. The first-order valence-electron chi connectivity index (χ1n) is 9.06. The Balaban J connectivity index is 1.54. The van der Waals surface area contributed by atoms with Crippen molar-refractivity contribution in [1.82, 2.24) is 0 Å². The van der Waals surface area contributed by atoms with E-state index in [0.29, 0.717) is 41.0 Å². The summed E-state index contributed by atoms with van der Waals surface area (Å²) in [5, 5.41) is 4.12. The van der Waals surface area contributed by atoms with Gasteiger partial charge in [0.25, 0.3) is 5.91 Å². The predicted molar refractivity (Wildman–Crippen MR) is 109 cm³/mol. The van der Waals surface area contributed by atoms with Gasteiger partial charge in [-0.3, -0.25) is 9.59 Å². The second kappa shape index (κ2) is 8.76. The van der Waals surface area contributed by atoms with E-state index in [0.717, 1.165) is 30.6 Å². The van der Waals surface area contributed by atoms with E-state index in [4.69, 9.17) is 22.1 Å². The number of hydrogen-bond acceptors (Lipinski definition) is 4. The highest BCUT2D eigenvalue weighted by molar-refractivity contribution is 7.17. The summed E-state index contributed by atoms with van der Waals surface area (Å²) in [7, 11) is 0. The van der Waals surface area contributed by atoms with Gasteiger partial charge < -0.3 is 15.8 Å². The van der Waals surface area contributed by atoms with Gasteiger partial charge in [-0.2, -0.15) is 0 Å². The molecule has 0 saturated carbocycles. The standard InChI is InChI=1S/C20H23ClN2O3S/c1-12-4-9-15-16(11-12)27-20(18(15)19(22)25)23-17(24)3-2-10-26-14-7-5-13(21)6-8-14/h5-8,12H,2-4,9-11H2,1H3,(H2,22,25)(H,23,24). The summed E-state index contributed by atoms with van der Waals surface area (Å²) in [6.07, 6.45) is 3.70. The molecule has 0 fully saturated rings. The van der Waals surface area contributed by atoms with E-state index in [2.05, 4.69) is 12.2 Å². The molecule has 1 aromatic heterocycles. The van der Waals surface area contributed by atoms with Crippen molar-refractivity contribution in [2.24, 2.45) is 11.7 Å². The van der Waals surface area contributed by atoms with Gasteiger partial charge in [-0.05, 0) is 61.4 Å². The second-order valence-electron chi connectivity index (χ2n) is 6.87. The fourth-order valence-corrected chi connectivity index (χ4v) is 4.80. The number of nitrogens with one attached hydrogen (secondary N) is 1. The van der Waals surface area contributed by atoms with E-state index < -0.39 is 5.91 Å². The molecule has 5 nitrogen and oxygen atoms in total. The van der Waals surface area contributed by atoms with Gasteiger partial charge in [0.1, 0.15) is 10.8 Å². The molecule has 0 bridgehead atoms. The summed E-state index contributed by atoms with van der Waals surface area (Å²) in [4.78, 5) is 25.4. The van der Waals surface area contributed by atoms with Crippen molar-refractivity contribution in [3.8, 4) is 5.75 Å². The minimum absolute atomic E-state index is 0.135. The number of rotatable bonds is 7. The SMILES string of the molecule is CC1CCc2c(sc(NC(=O)CCCOc3ccc(Cl)cc3)c2C(N)=O)C1. The fourth-order valence-electron chi connectivity index (χ4n) is 3.24. The molecule has 1 aliphatic rings.